The molecule has 216 valence electrons. The molecule has 0 aliphatic heterocycles. The molecule has 1 aliphatic rings. The van der Waals surface area contributed by atoms with Gasteiger partial charge in [0.1, 0.15) is 16.2 Å². The van der Waals surface area contributed by atoms with Gasteiger partial charge < -0.3 is 15.2 Å². The fourth-order valence-electron chi connectivity index (χ4n) is 4.51. The van der Waals surface area contributed by atoms with Gasteiger partial charge in [-0.2, -0.15) is 26.3 Å². The van der Waals surface area contributed by atoms with Gasteiger partial charge in [-0.25, -0.2) is 17.6 Å². The Kier molecular flexibility index (Phi) is 7.82. The summed E-state index contributed by atoms with van der Waals surface area (Å²) in [4.78, 5) is 11.7. The minimum atomic E-state index is -6.11. The maximum absolute atomic E-state index is 13.7. The number of ether oxygens (including phenoxy) is 1. The van der Waals surface area contributed by atoms with Crippen molar-refractivity contribution in [2.75, 3.05) is 6.54 Å². The monoisotopic (exact) mass is 585 g/mol. The molecular formula is C25H26F7NO5S. The van der Waals surface area contributed by atoms with Crippen LogP contribution in [0.4, 0.5) is 35.5 Å². The molecule has 6 nitrogen and oxygen atoms in total. The highest BCUT2D eigenvalue weighted by atomic mass is 32.2. The van der Waals surface area contributed by atoms with E-state index in [9.17, 15) is 49.1 Å². The second-order valence-electron chi connectivity index (χ2n) is 10.4. The van der Waals surface area contributed by atoms with Crippen molar-refractivity contribution in [2.45, 2.75) is 66.8 Å². The van der Waals surface area contributed by atoms with Gasteiger partial charge in [0.15, 0.2) is 9.84 Å². The molecule has 1 saturated carbocycles. The number of hydrogen-bond acceptors (Lipinski definition) is 5. The van der Waals surface area contributed by atoms with Crippen molar-refractivity contribution in [3.05, 3.63) is 65.5 Å². The lowest BCUT2D eigenvalue weighted by molar-refractivity contribution is -0.376. The van der Waals surface area contributed by atoms with Crippen LogP contribution in [0.15, 0.2) is 53.4 Å². The van der Waals surface area contributed by atoms with Crippen LogP contribution in [0.2, 0.25) is 0 Å². The van der Waals surface area contributed by atoms with E-state index in [1.54, 1.807) is 20.8 Å². The fraction of sp³-hybridized carbons (Fsp3) is 0.480. The lowest BCUT2D eigenvalue weighted by Gasteiger charge is -2.47. The summed E-state index contributed by atoms with van der Waals surface area (Å²) in [7, 11) is -4.36. The lowest BCUT2D eigenvalue weighted by atomic mass is 9.70. The van der Waals surface area contributed by atoms with Gasteiger partial charge in [-0.1, -0.05) is 24.3 Å². The minimum Gasteiger partial charge on any atom is -0.444 e. The van der Waals surface area contributed by atoms with Gasteiger partial charge in [-0.15, -0.1) is 0 Å². The third kappa shape index (κ3) is 5.72. The van der Waals surface area contributed by atoms with Crippen LogP contribution >= 0.6 is 0 Å². The third-order valence-electron chi connectivity index (χ3n) is 6.46. The van der Waals surface area contributed by atoms with E-state index in [-0.39, 0.29) is 29.8 Å². The Labute approximate surface area is 220 Å². The van der Waals surface area contributed by atoms with Crippen molar-refractivity contribution < 1.29 is 53.8 Å². The van der Waals surface area contributed by atoms with E-state index in [4.69, 9.17) is 4.74 Å². The quantitative estimate of drug-likeness (QED) is 0.333. The summed E-state index contributed by atoms with van der Waals surface area (Å²) in [6, 6.07) is 6.13. The first-order valence-electron chi connectivity index (χ1n) is 11.6. The largest absolute Gasteiger partial charge is 0.444 e. The number of hydrogen-bond donors (Lipinski definition) is 2. The van der Waals surface area contributed by atoms with Gasteiger partial charge in [0.05, 0.1) is 4.90 Å². The summed E-state index contributed by atoms with van der Waals surface area (Å²) in [5, 5.41) is 12.2. The van der Waals surface area contributed by atoms with Crippen LogP contribution < -0.4 is 5.32 Å². The van der Waals surface area contributed by atoms with E-state index in [2.05, 4.69) is 5.32 Å². The van der Waals surface area contributed by atoms with Gasteiger partial charge in [0, 0.05) is 12.1 Å². The van der Waals surface area contributed by atoms with Gasteiger partial charge in [0.25, 0.3) is 5.60 Å². The van der Waals surface area contributed by atoms with E-state index >= 15 is 0 Å². The van der Waals surface area contributed by atoms with Crippen LogP contribution in [0.1, 0.15) is 44.7 Å². The normalized spacial score (nSPS) is 20.7. The molecule has 0 unspecified atom stereocenters. The van der Waals surface area contributed by atoms with Gasteiger partial charge in [-0.3, -0.25) is 0 Å². The van der Waals surface area contributed by atoms with Crippen LogP contribution in [0.3, 0.4) is 0 Å². The maximum atomic E-state index is 13.7. The molecule has 39 heavy (non-hydrogen) atoms. The van der Waals surface area contributed by atoms with E-state index in [1.807, 2.05) is 0 Å². The molecule has 0 spiro atoms. The zero-order valence-corrected chi connectivity index (χ0v) is 21.8. The Bertz CT molecular complexity index is 1280. The average molecular weight is 586 g/mol. The second kappa shape index (κ2) is 9.95. The number of alkyl halides is 6. The lowest BCUT2D eigenvalue weighted by Crippen LogP contribution is -2.54. The zero-order chi connectivity index (χ0) is 29.7. The van der Waals surface area contributed by atoms with E-state index < -0.39 is 61.5 Å². The molecule has 0 aromatic heterocycles. The topological polar surface area (TPSA) is 92.7 Å². The van der Waals surface area contributed by atoms with E-state index in [0.29, 0.717) is 12.1 Å². The first-order valence-corrected chi connectivity index (χ1v) is 13.1. The van der Waals surface area contributed by atoms with Crippen molar-refractivity contribution >= 4 is 15.9 Å². The Balaban J connectivity index is 1.99. The fourth-order valence-corrected chi connectivity index (χ4v) is 6.81. The highest BCUT2D eigenvalue weighted by Crippen LogP contribution is 2.55. The predicted molar refractivity (Wildman–Crippen MR) is 125 cm³/mol. The molecule has 2 aromatic carbocycles. The summed E-state index contributed by atoms with van der Waals surface area (Å²) in [6.07, 6.45) is -13.3. The number of aliphatic hydroxyl groups is 1. The van der Waals surface area contributed by atoms with Crippen molar-refractivity contribution in [3.63, 3.8) is 0 Å². The predicted octanol–water partition coefficient (Wildman–Crippen LogP) is 5.74. The number of alkyl carbamates (subject to hydrolysis) is 1. The highest BCUT2D eigenvalue weighted by Gasteiger charge is 2.71. The van der Waals surface area contributed by atoms with Crippen molar-refractivity contribution in [2.24, 2.45) is 5.92 Å². The molecular weight excluding hydrogens is 559 g/mol. The Hall–Kier alpha value is -2.87. The van der Waals surface area contributed by atoms with Crippen LogP contribution in [0.25, 0.3) is 0 Å². The highest BCUT2D eigenvalue weighted by molar-refractivity contribution is 7.92. The molecule has 3 rings (SSSR count). The van der Waals surface area contributed by atoms with Crippen molar-refractivity contribution in [1.29, 1.82) is 0 Å². The number of rotatable bonds is 6. The summed E-state index contributed by atoms with van der Waals surface area (Å²) in [5.41, 5.74) is -7.64. The Morgan fingerprint density at radius 2 is 1.44 bits per heavy atom. The number of benzene rings is 2. The van der Waals surface area contributed by atoms with Crippen LogP contribution in [-0.2, 0) is 24.9 Å². The molecule has 1 amide bonds. The molecule has 0 saturated heterocycles. The summed E-state index contributed by atoms with van der Waals surface area (Å²) in [6.45, 7) is 4.89. The van der Waals surface area contributed by atoms with Crippen LogP contribution in [0, 0.1) is 11.7 Å². The SMILES string of the molecule is CC(C)(C)OC(=O)NCC1CC(c2ccc(C(O)(C(F)(F)F)C(F)(F)F)cc2)(S(=O)(=O)c2ccc(F)cc2)C1. The van der Waals surface area contributed by atoms with Crippen LogP contribution in [0.5, 0.6) is 0 Å². The number of carbonyl (C=O) groups excluding carboxylic acids is 1. The molecule has 0 atom stereocenters. The molecule has 1 fully saturated rings. The molecule has 2 N–H and O–H groups in total. The summed E-state index contributed by atoms with van der Waals surface area (Å²) in [5.74, 6) is -1.17. The molecule has 0 radical (unpaired) electrons. The van der Waals surface area contributed by atoms with E-state index in [1.165, 1.54) is 0 Å². The average Bonchev–Trinajstić information content (AvgIpc) is 2.75. The molecule has 0 heterocycles. The first-order chi connectivity index (χ1) is 17.6. The van der Waals surface area contributed by atoms with Crippen LogP contribution in [-0.4, -0.2) is 44.1 Å². The van der Waals surface area contributed by atoms with Crippen molar-refractivity contribution in [3.8, 4) is 0 Å². The standard InChI is InChI=1S/C25H26F7NO5S/c1-21(2,3)38-20(34)33-14-15-12-22(13-15,39(36,37)19-10-8-18(26)9-11-19)16-4-6-17(7-5-16)23(35,24(27,28)29)25(30,31)32/h4-11,15,35H,12-14H2,1-3H3,(H,33,34). The summed E-state index contributed by atoms with van der Waals surface area (Å²) < 4.78 is 124. The number of amides is 1. The zero-order valence-electron chi connectivity index (χ0n) is 21.0. The molecule has 0 bridgehead atoms. The Morgan fingerprint density at radius 1 is 0.949 bits per heavy atom. The summed E-state index contributed by atoms with van der Waals surface area (Å²) >= 11 is 0. The Morgan fingerprint density at radius 3 is 1.87 bits per heavy atom. The third-order valence-corrected chi connectivity index (χ3v) is 8.95. The minimum absolute atomic E-state index is 0.0183. The van der Waals surface area contributed by atoms with Gasteiger partial charge in [0.2, 0.25) is 0 Å². The van der Waals surface area contributed by atoms with Gasteiger partial charge in [-0.05, 0) is 69.4 Å². The maximum Gasteiger partial charge on any atom is 0.430 e. The number of carbonyl (C=O) groups is 1. The molecule has 2 aromatic rings. The number of halogens is 7. The molecule has 14 heteroatoms. The first kappa shape index (κ1) is 30.7. The van der Waals surface area contributed by atoms with E-state index in [0.717, 1.165) is 36.4 Å². The number of nitrogens with one attached hydrogen (secondary N) is 1. The number of sulfone groups is 1. The second-order valence-corrected chi connectivity index (χ2v) is 12.7. The smallest absolute Gasteiger partial charge is 0.430 e. The van der Waals surface area contributed by atoms with Gasteiger partial charge >= 0.3 is 18.4 Å². The molecule has 1 aliphatic carbocycles. The van der Waals surface area contributed by atoms with Crippen molar-refractivity contribution in [1.82, 2.24) is 5.32 Å².